The van der Waals surface area contributed by atoms with Gasteiger partial charge in [-0.05, 0) is 39.0 Å². The van der Waals surface area contributed by atoms with Crippen LogP contribution in [0, 0.1) is 11.8 Å². The lowest BCUT2D eigenvalue weighted by Gasteiger charge is -2.26. The Morgan fingerprint density at radius 2 is 1.57 bits per heavy atom. The predicted octanol–water partition coefficient (Wildman–Crippen LogP) is 1.01. The van der Waals surface area contributed by atoms with Crippen molar-refractivity contribution in [3.8, 4) is 0 Å². The average molecular weight is 447 g/mol. The van der Waals surface area contributed by atoms with E-state index in [0.29, 0.717) is 6.42 Å². The first-order valence-corrected chi connectivity index (χ1v) is 10.7. The number of carbonyl (C=O) groups excluding carboxylic acids is 4. The lowest BCUT2D eigenvalue weighted by Crippen LogP contribution is -2.56. The fourth-order valence-corrected chi connectivity index (χ4v) is 2.68. The number of amides is 3. The van der Waals surface area contributed by atoms with E-state index < -0.39 is 40.8 Å². The Morgan fingerprint density at radius 1 is 1.00 bits per heavy atom. The van der Waals surface area contributed by atoms with Gasteiger partial charge in [-0.15, -0.1) is 0 Å². The van der Waals surface area contributed by atoms with E-state index in [1.54, 1.807) is 34.6 Å². The first kappa shape index (κ1) is 28.2. The SMILES string of the molecule is CC(C)C[C@H](NC(=O)[C@@H](NC(=O)C(S)CNC(=O)OC(C)(C)C)C(C)C)C(=O)CN. The molecule has 0 radical (unpaired) electrons. The van der Waals surface area contributed by atoms with Crippen LogP contribution in [0.5, 0.6) is 0 Å². The molecule has 0 aliphatic heterocycles. The lowest BCUT2D eigenvalue weighted by molar-refractivity contribution is -0.132. The average Bonchev–Trinajstić information content (AvgIpc) is 2.60. The molecule has 5 N–H and O–H groups in total. The highest BCUT2D eigenvalue weighted by molar-refractivity contribution is 7.81. The Morgan fingerprint density at radius 3 is 2.00 bits per heavy atom. The number of hydrogen-bond donors (Lipinski definition) is 5. The third-order valence-electron chi connectivity index (χ3n) is 4.00. The monoisotopic (exact) mass is 446 g/mol. The molecule has 0 aromatic carbocycles. The minimum Gasteiger partial charge on any atom is -0.444 e. The van der Waals surface area contributed by atoms with Crippen LogP contribution in [-0.4, -0.2) is 59.7 Å². The Hall–Kier alpha value is -1.81. The van der Waals surface area contributed by atoms with Gasteiger partial charge in [0.05, 0.1) is 17.8 Å². The van der Waals surface area contributed by atoms with Crippen LogP contribution in [0.4, 0.5) is 4.79 Å². The van der Waals surface area contributed by atoms with E-state index in [9.17, 15) is 19.2 Å². The number of nitrogens with one attached hydrogen (secondary N) is 3. The van der Waals surface area contributed by atoms with E-state index in [4.69, 9.17) is 10.5 Å². The van der Waals surface area contributed by atoms with Crippen molar-refractivity contribution in [3.05, 3.63) is 0 Å². The topological polar surface area (TPSA) is 140 Å². The summed E-state index contributed by atoms with van der Waals surface area (Å²) in [5, 5.41) is 6.93. The molecule has 174 valence electrons. The largest absolute Gasteiger partial charge is 0.444 e. The molecule has 0 spiro atoms. The number of ether oxygens (including phenoxy) is 1. The molecule has 0 rings (SSSR count). The van der Waals surface area contributed by atoms with Crippen LogP contribution in [-0.2, 0) is 19.1 Å². The third-order valence-corrected chi connectivity index (χ3v) is 4.42. The normalized spacial score (nSPS) is 14.6. The maximum absolute atomic E-state index is 12.7. The number of rotatable bonds is 11. The quantitative estimate of drug-likeness (QED) is 0.300. The predicted molar refractivity (Wildman–Crippen MR) is 119 cm³/mol. The standard InChI is InChI=1S/C20H38N4O5S/c1-11(2)8-13(14(25)9-21)23-18(27)16(12(3)4)24-17(26)15(30)10-22-19(28)29-20(5,6)7/h11-13,15-16,30H,8-10,21H2,1-7H3,(H,22,28)(H,23,27)(H,24,26)/t13-,15?,16-/m0/s1. The summed E-state index contributed by atoms with van der Waals surface area (Å²) in [6, 6.07) is -1.57. The summed E-state index contributed by atoms with van der Waals surface area (Å²) in [7, 11) is 0. The number of carbonyl (C=O) groups is 4. The summed E-state index contributed by atoms with van der Waals surface area (Å²) in [5.74, 6) is -1.31. The second-order valence-corrected chi connectivity index (χ2v) is 9.61. The Balaban J connectivity index is 4.96. The van der Waals surface area contributed by atoms with E-state index >= 15 is 0 Å². The number of hydrogen-bond acceptors (Lipinski definition) is 7. The van der Waals surface area contributed by atoms with Crippen LogP contribution in [0.25, 0.3) is 0 Å². The summed E-state index contributed by atoms with van der Waals surface area (Å²) >= 11 is 4.20. The van der Waals surface area contributed by atoms with Crippen molar-refractivity contribution in [2.75, 3.05) is 13.1 Å². The lowest BCUT2D eigenvalue weighted by atomic mass is 9.98. The fourth-order valence-electron chi connectivity index (χ4n) is 2.52. The Kier molecular flexibility index (Phi) is 12.0. The number of nitrogens with two attached hydrogens (primary N) is 1. The molecule has 0 heterocycles. The van der Waals surface area contributed by atoms with Crippen molar-refractivity contribution in [1.29, 1.82) is 0 Å². The second-order valence-electron chi connectivity index (χ2n) is 8.99. The molecule has 3 atom stereocenters. The number of Topliss-reactive ketones (excluding diaryl/α,β-unsaturated/α-hetero) is 1. The first-order chi connectivity index (χ1) is 13.7. The van der Waals surface area contributed by atoms with Crippen molar-refractivity contribution < 1.29 is 23.9 Å². The summed E-state index contributed by atoms with van der Waals surface area (Å²) in [4.78, 5) is 49.0. The molecule has 0 bridgehead atoms. The van der Waals surface area contributed by atoms with E-state index in [1.165, 1.54) is 0 Å². The molecule has 0 aliphatic rings. The Bertz CT molecular complexity index is 604. The second kappa shape index (κ2) is 12.8. The van der Waals surface area contributed by atoms with Crippen molar-refractivity contribution in [2.45, 2.75) is 77.8 Å². The van der Waals surface area contributed by atoms with E-state index in [1.807, 2.05) is 13.8 Å². The molecule has 30 heavy (non-hydrogen) atoms. The van der Waals surface area contributed by atoms with Crippen LogP contribution >= 0.6 is 12.6 Å². The smallest absolute Gasteiger partial charge is 0.407 e. The molecule has 3 amide bonds. The minimum absolute atomic E-state index is 0.0715. The van der Waals surface area contributed by atoms with Crippen LogP contribution in [0.3, 0.4) is 0 Å². The molecular formula is C20H38N4O5S. The van der Waals surface area contributed by atoms with Gasteiger partial charge >= 0.3 is 6.09 Å². The van der Waals surface area contributed by atoms with Crippen molar-refractivity contribution in [3.63, 3.8) is 0 Å². The summed E-state index contributed by atoms with van der Waals surface area (Å²) in [6.07, 6.45) is -0.209. The number of ketones is 1. The van der Waals surface area contributed by atoms with Crippen LogP contribution in [0.2, 0.25) is 0 Å². The van der Waals surface area contributed by atoms with Gasteiger partial charge in [0.2, 0.25) is 11.8 Å². The van der Waals surface area contributed by atoms with Crippen LogP contribution < -0.4 is 21.7 Å². The van der Waals surface area contributed by atoms with Gasteiger partial charge in [-0.3, -0.25) is 14.4 Å². The van der Waals surface area contributed by atoms with Crippen molar-refractivity contribution in [2.24, 2.45) is 17.6 Å². The van der Waals surface area contributed by atoms with Crippen LogP contribution in [0.1, 0.15) is 54.9 Å². The zero-order valence-electron chi connectivity index (χ0n) is 19.1. The molecule has 0 aliphatic carbocycles. The van der Waals surface area contributed by atoms with Crippen molar-refractivity contribution in [1.82, 2.24) is 16.0 Å². The maximum Gasteiger partial charge on any atom is 0.407 e. The van der Waals surface area contributed by atoms with Gasteiger partial charge in [-0.2, -0.15) is 12.6 Å². The van der Waals surface area contributed by atoms with Gasteiger partial charge in [0.25, 0.3) is 0 Å². The summed E-state index contributed by atoms with van der Waals surface area (Å²) < 4.78 is 5.11. The molecule has 1 unspecified atom stereocenters. The van der Waals surface area contributed by atoms with E-state index in [0.717, 1.165) is 0 Å². The summed E-state index contributed by atoms with van der Waals surface area (Å²) in [5.41, 5.74) is 4.79. The first-order valence-electron chi connectivity index (χ1n) is 10.2. The highest BCUT2D eigenvalue weighted by Gasteiger charge is 2.30. The zero-order chi connectivity index (χ0) is 23.6. The Labute approximate surface area is 185 Å². The van der Waals surface area contributed by atoms with Gasteiger partial charge in [0.15, 0.2) is 5.78 Å². The molecule has 0 saturated heterocycles. The molecule has 10 heteroatoms. The summed E-state index contributed by atoms with van der Waals surface area (Å²) in [6.45, 7) is 12.4. The molecule has 0 saturated carbocycles. The highest BCUT2D eigenvalue weighted by atomic mass is 32.1. The van der Waals surface area contributed by atoms with Gasteiger partial charge < -0.3 is 26.4 Å². The molecular weight excluding hydrogens is 408 g/mol. The van der Waals surface area contributed by atoms with E-state index in [-0.39, 0.29) is 30.7 Å². The fraction of sp³-hybridized carbons (Fsp3) is 0.800. The molecule has 0 aromatic rings. The molecule has 0 fully saturated rings. The van der Waals surface area contributed by atoms with Crippen molar-refractivity contribution >= 4 is 36.3 Å². The number of thiol groups is 1. The van der Waals surface area contributed by atoms with Gasteiger partial charge in [-0.1, -0.05) is 27.7 Å². The molecule has 9 nitrogen and oxygen atoms in total. The van der Waals surface area contributed by atoms with Gasteiger partial charge in [0, 0.05) is 6.54 Å². The maximum atomic E-state index is 12.7. The number of alkyl carbamates (subject to hydrolysis) is 1. The zero-order valence-corrected chi connectivity index (χ0v) is 20.0. The minimum atomic E-state index is -0.885. The molecule has 0 aromatic heterocycles. The van der Waals surface area contributed by atoms with Crippen LogP contribution in [0.15, 0.2) is 0 Å². The van der Waals surface area contributed by atoms with Gasteiger partial charge in [-0.25, -0.2) is 4.79 Å². The highest BCUT2D eigenvalue weighted by Crippen LogP contribution is 2.10. The van der Waals surface area contributed by atoms with E-state index in [2.05, 4.69) is 28.6 Å². The van der Waals surface area contributed by atoms with Gasteiger partial charge in [0.1, 0.15) is 11.6 Å². The third kappa shape index (κ3) is 11.4.